The van der Waals surface area contributed by atoms with Crippen molar-refractivity contribution in [3.05, 3.63) is 66.4 Å². The zero-order valence-corrected chi connectivity index (χ0v) is 13.8. The molecule has 3 nitrogen and oxygen atoms in total. The van der Waals surface area contributed by atoms with Gasteiger partial charge in [-0.05, 0) is 35.2 Å². The highest BCUT2D eigenvalue weighted by molar-refractivity contribution is 7.90. The number of nitrogens with zero attached hydrogens (tertiary/aromatic N) is 1. The van der Waals surface area contributed by atoms with Crippen LogP contribution in [0.25, 0.3) is 10.9 Å². The lowest BCUT2D eigenvalue weighted by molar-refractivity contribution is 0.580. The highest BCUT2D eigenvalue weighted by Crippen LogP contribution is 2.27. The van der Waals surface area contributed by atoms with Gasteiger partial charge in [0.15, 0.2) is 0 Å². The van der Waals surface area contributed by atoms with Crippen LogP contribution in [0.2, 0.25) is 0 Å². The Labute approximate surface area is 131 Å². The van der Waals surface area contributed by atoms with E-state index >= 15 is 0 Å². The summed E-state index contributed by atoms with van der Waals surface area (Å²) in [7, 11) is -3.59. The topological polar surface area (TPSA) is 39.1 Å². The van der Waals surface area contributed by atoms with Crippen molar-refractivity contribution in [1.82, 2.24) is 3.97 Å². The normalized spacial score (nSPS) is 12.7. The Morgan fingerprint density at radius 3 is 2.36 bits per heavy atom. The largest absolute Gasteiger partial charge is 0.268 e. The fourth-order valence-corrected chi connectivity index (χ4v) is 3.90. The molecule has 114 valence electrons. The van der Waals surface area contributed by atoms with Gasteiger partial charge in [0, 0.05) is 11.6 Å². The summed E-state index contributed by atoms with van der Waals surface area (Å²) >= 11 is 0. The summed E-state index contributed by atoms with van der Waals surface area (Å²) in [6.07, 6.45) is 1.61. The van der Waals surface area contributed by atoms with E-state index in [0.717, 1.165) is 10.9 Å². The Bertz CT molecular complexity index is 931. The van der Waals surface area contributed by atoms with Gasteiger partial charge in [0.1, 0.15) is 0 Å². The van der Waals surface area contributed by atoms with E-state index in [9.17, 15) is 8.42 Å². The van der Waals surface area contributed by atoms with Crippen molar-refractivity contribution in [3.8, 4) is 0 Å². The molecular weight excluding hydrogens is 294 g/mol. The van der Waals surface area contributed by atoms with Crippen LogP contribution >= 0.6 is 0 Å². The standard InChI is InChI=1S/C18H19NO2S/c1-18(2,3)15-8-6-9-16(13-15)22(20,21)19-12-11-14-7-4-5-10-17(14)19/h4-13H,1-3H3. The zero-order valence-electron chi connectivity index (χ0n) is 12.9. The number of aromatic nitrogens is 1. The van der Waals surface area contributed by atoms with E-state index in [1.165, 1.54) is 3.97 Å². The average molecular weight is 313 g/mol. The predicted octanol–water partition coefficient (Wildman–Crippen LogP) is 4.18. The van der Waals surface area contributed by atoms with Crippen LogP contribution in [0.15, 0.2) is 65.7 Å². The van der Waals surface area contributed by atoms with Gasteiger partial charge in [0.05, 0.1) is 10.4 Å². The number of rotatable bonds is 2. The first-order valence-corrected chi connectivity index (χ1v) is 8.66. The van der Waals surface area contributed by atoms with Crippen LogP contribution < -0.4 is 0 Å². The second-order valence-corrected chi connectivity index (χ2v) is 8.27. The molecular formula is C18H19NO2S. The lowest BCUT2D eigenvalue weighted by Gasteiger charge is -2.20. The molecule has 0 bridgehead atoms. The Kier molecular flexibility index (Phi) is 3.37. The number of benzene rings is 2. The monoisotopic (exact) mass is 313 g/mol. The molecule has 4 heteroatoms. The van der Waals surface area contributed by atoms with Gasteiger partial charge in [-0.1, -0.05) is 51.1 Å². The van der Waals surface area contributed by atoms with Crippen LogP contribution in [-0.4, -0.2) is 12.4 Å². The van der Waals surface area contributed by atoms with Gasteiger partial charge in [0.25, 0.3) is 10.0 Å². The molecule has 3 aromatic rings. The molecule has 0 saturated heterocycles. The number of hydrogen-bond donors (Lipinski definition) is 0. The van der Waals surface area contributed by atoms with E-state index in [1.54, 1.807) is 24.4 Å². The van der Waals surface area contributed by atoms with Crippen molar-refractivity contribution in [2.45, 2.75) is 31.1 Å². The van der Waals surface area contributed by atoms with Crippen molar-refractivity contribution in [1.29, 1.82) is 0 Å². The maximum atomic E-state index is 13.0. The molecule has 0 N–H and O–H groups in total. The van der Waals surface area contributed by atoms with Crippen LogP contribution in [0.3, 0.4) is 0 Å². The molecule has 0 unspecified atom stereocenters. The fraction of sp³-hybridized carbons (Fsp3) is 0.222. The minimum Gasteiger partial charge on any atom is -0.241 e. The van der Waals surface area contributed by atoms with E-state index in [-0.39, 0.29) is 5.41 Å². The molecule has 2 aromatic carbocycles. The maximum absolute atomic E-state index is 13.0. The highest BCUT2D eigenvalue weighted by atomic mass is 32.2. The van der Waals surface area contributed by atoms with Crippen molar-refractivity contribution in [2.24, 2.45) is 0 Å². The van der Waals surface area contributed by atoms with E-state index < -0.39 is 10.0 Å². The highest BCUT2D eigenvalue weighted by Gasteiger charge is 2.21. The summed E-state index contributed by atoms with van der Waals surface area (Å²) in [6.45, 7) is 6.22. The van der Waals surface area contributed by atoms with Crippen LogP contribution in [0.1, 0.15) is 26.3 Å². The van der Waals surface area contributed by atoms with Crippen LogP contribution in [0, 0.1) is 0 Å². The second-order valence-electron chi connectivity index (χ2n) is 6.45. The van der Waals surface area contributed by atoms with Crippen molar-refractivity contribution < 1.29 is 8.42 Å². The van der Waals surface area contributed by atoms with E-state index in [0.29, 0.717) is 10.4 Å². The van der Waals surface area contributed by atoms with Gasteiger partial charge in [0.2, 0.25) is 0 Å². The van der Waals surface area contributed by atoms with Gasteiger partial charge in [-0.15, -0.1) is 0 Å². The fourth-order valence-electron chi connectivity index (χ4n) is 2.50. The van der Waals surface area contributed by atoms with Crippen molar-refractivity contribution >= 4 is 20.9 Å². The molecule has 0 fully saturated rings. The van der Waals surface area contributed by atoms with E-state index in [2.05, 4.69) is 20.8 Å². The third kappa shape index (κ3) is 2.44. The van der Waals surface area contributed by atoms with Crippen molar-refractivity contribution in [2.75, 3.05) is 0 Å². The van der Waals surface area contributed by atoms with Gasteiger partial charge >= 0.3 is 0 Å². The molecule has 22 heavy (non-hydrogen) atoms. The zero-order chi connectivity index (χ0) is 16.0. The first-order chi connectivity index (χ1) is 10.3. The van der Waals surface area contributed by atoms with Gasteiger partial charge in [-0.2, -0.15) is 0 Å². The summed E-state index contributed by atoms with van der Waals surface area (Å²) in [5.74, 6) is 0. The van der Waals surface area contributed by atoms with Crippen LogP contribution in [0.4, 0.5) is 0 Å². The maximum Gasteiger partial charge on any atom is 0.268 e. The third-order valence-corrected chi connectivity index (χ3v) is 5.51. The predicted molar refractivity (Wildman–Crippen MR) is 89.7 cm³/mol. The molecule has 1 heterocycles. The molecule has 1 aromatic heterocycles. The molecule has 0 spiro atoms. The minimum atomic E-state index is -3.59. The first kappa shape index (κ1) is 14.9. The number of fused-ring (bicyclic) bond motifs is 1. The summed E-state index contributed by atoms with van der Waals surface area (Å²) in [6, 6.07) is 16.5. The van der Waals surface area contributed by atoms with Gasteiger partial charge in [-0.25, -0.2) is 12.4 Å². The molecule has 0 saturated carbocycles. The lowest BCUT2D eigenvalue weighted by Crippen LogP contribution is -2.15. The molecule has 3 rings (SSSR count). The summed E-state index contributed by atoms with van der Waals surface area (Å²) in [5.41, 5.74) is 1.61. The average Bonchev–Trinajstić information content (AvgIpc) is 2.91. The molecule has 0 atom stereocenters. The Morgan fingerprint density at radius 1 is 0.909 bits per heavy atom. The molecule has 0 amide bonds. The second kappa shape index (κ2) is 4.99. The Balaban J connectivity index is 2.19. The smallest absolute Gasteiger partial charge is 0.241 e. The van der Waals surface area contributed by atoms with Crippen LogP contribution in [-0.2, 0) is 15.4 Å². The number of para-hydroxylation sites is 1. The lowest BCUT2D eigenvalue weighted by atomic mass is 9.87. The summed E-state index contributed by atoms with van der Waals surface area (Å²) in [4.78, 5) is 0.321. The van der Waals surface area contributed by atoms with Gasteiger partial charge < -0.3 is 0 Å². The van der Waals surface area contributed by atoms with Gasteiger partial charge in [-0.3, -0.25) is 0 Å². The molecule has 0 aliphatic rings. The summed E-state index contributed by atoms with van der Waals surface area (Å²) < 4.78 is 27.3. The first-order valence-electron chi connectivity index (χ1n) is 7.22. The Hall–Kier alpha value is -2.07. The molecule has 0 aliphatic carbocycles. The minimum absolute atomic E-state index is 0.0930. The van der Waals surface area contributed by atoms with Crippen molar-refractivity contribution in [3.63, 3.8) is 0 Å². The molecule has 0 radical (unpaired) electrons. The SMILES string of the molecule is CC(C)(C)c1cccc(S(=O)(=O)n2ccc3ccccc32)c1. The molecule has 0 aliphatic heterocycles. The third-order valence-electron chi connectivity index (χ3n) is 3.82. The summed E-state index contributed by atoms with van der Waals surface area (Å²) in [5, 5.41) is 0.915. The van der Waals surface area contributed by atoms with E-state index in [4.69, 9.17) is 0 Å². The number of hydrogen-bond acceptors (Lipinski definition) is 2. The van der Waals surface area contributed by atoms with E-state index in [1.807, 2.05) is 36.4 Å². The Morgan fingerprint density at radius 2 is 1.64 bits per heavy atom. The quantitative estimate of drug-likeness (QED) is 0.712. The van der Waals surface area contributed by atoms with Crippen LogP contribution in [0.5, 0.6) is 0 Å².